The van der Waals surface area contributed by atoms with Gasteiger partial charge in [0.05, 0.1) is 11.3 Å². The van der Waals surface area contributed by atoms with Crippen molar-refractivity contribution in [2.45, 2.75) is 0 Å². The maximum atomic E-state index is 11.1. The highest BCUT2D eigenvalue weighted by atomic mass is 16.7. The van der Waals surface area contributed by atoms with Crippen molar-refractivity contribution in [3.05, 3.63) is 42.1 Å². The van der Waals surface area contributed by atoms with Gasteiger partial charge in [-0.1, -0.05) is 0 Å². The molecule has 1 N–H and O–H groups in total. The van der Waals surface area contributed by atoms with Gasteiger partial charge in [0.25, 0.3) is 0 Å². The number of hydrogen-bond acceptors (Lipinski definition) is 4. The Hall–Kier alpha value is -2.56. The molecule has 18 heavy (non-hydrogen) atoms. The molecule has 2 heterocycles. The number of hydrogen-bond donors (Lipinski definition) is 1. The molecule has 0 aliphatic carbocycles. The lowest BCUT2D eigenvalue weighted by Crippen LogP contribution is -2.00. The van der Waals surface area contributed by atoms with Crippen LogP contribution >= 0.6 is 0 Å². The fourth-order valence-corrected chi connectivity index (χ4v) is 1.85. The van der Waals surface area contributed by atoms with Gasteiger partial charge in [-0.25, -0.2) is 4.79 Å². The summed E-state index contributed by atoms with van der Waals surface area (Å²) in [6, 6.07) is 8.37. The third-order valence-corrected chi connectivity index (χ3v) is 2.68. The Bertz CT molecular complexity index is 624. The maximum Gasteiger partial charge on any atom is 0.337 e. The molecule has 5 nitrogen and oxygen atoms in total. The quantitative estimate of drug-likeness (QED) is 0.875. The summed E-state index contributed by atoms with van der Waals surface area (Å²) in [5.74, 6) is 0.261. The number of aromatic carboxylic acids is 1. The van der Waals surface area contributed by atoms with E-state index < -0.39 is 5.97 Å². The number of aromatic nitrogens is 1. The van der Waals surface area contributed by atoms with E-state index in [-0.39, 0.29) is 12.4 Å². The molecular weight excluding hydrogens is 234 g/mol. The minimum absolute atomic E-state index is 0.163. The summed E-state index contributed by atoms with van der Waals surface area (Å²) < 4.78 is 10.5. The van der Waals surface area contributed by atoms with E-state index in [1.165, 1.54) is 6.07 Å². The molecule has 0 spiro atoms. The number of nitrogens with zero attached hydrogens (tertiary/aromatic N) is 1. The van der Waals surface area contributed by atoms with Gasteiger partial charge in [0.2, 0.25) is 6.79 Å². The van der Waals surface area contributed by atoms with Gasteiger partial charge in [0.15, 0.2) is 11.5 Å². The van der Waals surface area contributed by atoms with Crippen LogP contribution in [-0.4, -0.2) is 22.9 Å². The molecule has 0 amide bonds. The van der Waals surface area contributed by atoms with E-state index in [0.29, 0.717) is 22.8 Å². The first-order chi connectivity index (χ1) is 8.75. The van der Waals surface area contributed by atoms with Crippen LogP contribution < -0.4 is 9.47 Å². The molecule has 0 fully saturated rings. The molecule has 90 valence electrons. The fraction of sp³-hybridized carbons (Fsp3) is 0.0769. The minimum atomic E-state index is -1.00. The molecule has 1 aliphatic rings. The third-order valence-electron chi connectivity index (χ3n) is 2.68. The smallest absolute Gasteiger partial charge is 0.337 e. The summed E-state index contributed by atoms with van der Waals surface area (Å²) in [5.41, 5.74) is 1.27. The highest BCUT2D eigenvalue weighted by Crippen LogP contribution is 2.36. The Kier molecular flexibility index (Phi) is 2.37. The van der Waals surface area contributed by atoms with E-state index in [1.54, 1.807) is 30.5 Å². The molecule has 3 rings (SSSR count). The Balaban J connectivity index is 2.13. The molecular formula is C13H9NO4. The zero-order valence-corrected chi connectivity index (χ0v) is 9.29. The molecule has 0 atom stereocenters. The summed E-state index contributed by atoms with van der Waals surface area (Å²) in [5, 5.41) is 9.12. The number of benzene rings is 1. The topological polar surface area (TPSA) is 68.7 Å². The van der Waals surface area contributed by atoms with Gasteiger partial charge in [-0.3, -0.25) is 4.98 Å². The Morgan fingerprint density at radius 1 is 1.22 bits per heavy atom. The van der Waals surface area contributed by atoms with Crippen LogP contribution in [0.25, 0.3) is 11.3 Å². The van der Waals surface area contributed by atoms with Gasteiger partial charge >= 0.3 is 5.97 Å². The molecule has 0 unspecified atom stereocenters. The van der Waals surface area contributed by atoms with E-state index in [2.05, 4.69) is 4.98 Å². The van der Waals surface area contributed by atoms with Crippen LogP contribution in [0.4, 0.5) is 0 Å². The van der Waals surface area contributed by atoms with Crippen molar-refractivity contribution >= 4 is 5.97 Å². The molecule has 1 aliphatic heterocycles. The normalized spacial score (nSPS) is 12.4. The number of carboxylic acid groups (broad SMARTS) is 1. The Labute approximate surface area is 103 Å². The number of fused-ring (bicyclic) bond motifs is 1. The maximum absolute atomic E-state index is 11.1. The number of rotatable bonds is 2. The first-order valence-corrected chi connectivity index (χ1v) is 5.34. The summed E-state index contributed by atoms with van der Waals surface area (Å²) in [6.07, 6.45) is 1.56. The number of pyridine rings is 1. The molecule has 5 heteroatoms. The van der Waals surface area contributed by atoms with Crippen molar-refractivity contribution in [3.63, 3.8) is 0 Å². The molecule has 0 saturated heterocycles. The van der Waals surface area contributed by atoms with E-state index >= 15 is 0 Å². The monoisotopic (exact) mass is 243 g/mol. The SMILES string of the molecule is O=C(O)c1cccnc1-c1ccc2c(c1)OCO2. The van der Waals surface area contributed by atoms with E-state index in [0.717, 1.165) is 0 Å². The standard InChI is InChI=1S/C13H9NO4/c15-13(16)9-2-1-5-14-12(9)8-3-4-10-11(6-8)18-7-17-10/h1-6H,7H2,(H,15,16). The van der Waals surface area contributed by atoms with Crippen LogP contribution in [0.15, 0.2) is 36.5 Å². The lowest BCUT2D eigenvalue weighted by molar-refractivity contribution is 0.0697. The first-order valence-electron chi connectivity index (χ1n) is 5.34. The highest BCUT2D eigenvalue weighted by Gasteiger charge is 2.17. The van der Waals surface area contributed by atoms with E-state index in [1.807, 2.05) is 0 Å². The van der Waals surface area contributed by atoms with Gasteiger partial charge in [-0.2, -0.15) is 0 Å². The average Bonchev–Trinajstić information content (AvgIpc) is 2.85. The Morgan fingerprint density at radius 2 is 2.06 bits per heavy atom. The van der Waals surface area contributed by atoms with Crippen molar-refractivity contribution < 1.29 is 19.4 Å². The van der Waals surface area contributed by atoms with Crippen LogP contribution in [-0.2, 0) is 0 Å². The number of ether oxygens (including phenoxy) is 2. The minimum Gasteiger partial charge on any atom is -0.478 e. The second-order valence-electron chi connectivity index (χ2n) is 3.77. The molecule has 1 aromatic carbocycles. The van der Waals surface area contributed by atoms with E-state index in [4.69, 9.17) is 14.6 Å². The number of carbonyl (C=O) groups is 1. The van der Waals surface area contributed by atoms with Gasteiger partial charge in [0, 0.05) is 11.8 Å². The van der Waals surface area contributed by atoms with Gasteiger partial charge in [0.1, 0.15) is 0 Å². The van der Waals surface area contributed by atoms with Crippen LogP contribution in [0, 0.1) is 0 Å². The molecule has 0 bridgehead atoms. The van der Waals surface area contributed by atoms with Crippen molar-refractivity contribution in [2.75, 3.05) is 6.79 Å². The lowest BCUT2D eigenvalue weighted by Gasteiger charge is -2.05. The summed E-state index contributed by atoms with van der Waals surface area (Å²) in [7, 11) is 0. The van der Waals surface area contributed by atoms with Crippen LogP contribution in [0.2, 0.25) is 0 Å². The highest BCUT2D eigenvalue weighted by molar-refractivity contribution is 5.94. The molecule has 0 radical (unpaired) electrons. The van der Waals surface area contributed by atoms with Crippen LogP contribution in [0.5, 0.6) is 11.5 Å². The average molecular weight is 243 g/mol. The molecule has 1 aromatic heterocycles. The zero-order chi connectivity index (χ0) is 12.5. The summed E-state index contributed by atoms with van der Waals surface area (Å²) in [4.78, 5) is 15.3. The van der Waals surface area contributed by atoms with Crippen molar-refractivity contribution in [1.82, 2.24) is 4.98 Å². The predicted octanol–water partition coefficient (Wildman–Crippen LogP) is 2.18. The number of carboxylic acids is 1. The largest absolute Gasteiger partial charge is 0.478 e. The fourth-order valence-electron chi connectivity index (χ4n) is 1.85. The van der Waals surface area contributed by atoms with Gasteiger partial charge in [-0.05, 0) is 30.3 Å². The summed E-state index contributed by atoms with van der Waals surface area (Å²) >= 11 is 0. The lowest BCUT2D eigenvalue weighted by atomic mass is 10.1. The second-order valence-corrected chi connectivity index (χ2v) is 3.77. The van der Waals surface area contributed by atoms with E-state index in [9.17, 15) is 4.79 Å². The van der Waals surface area contributed by atoms with Gasteiger partial charge in [-0.15, -0.1) is 0 Å². The van der Waals surface area contributed by atoms with Crippen molar-refractivity contribution in [1.29, 1.82) is 0 Å². The zero-order valence-electron chi connectivity index (χ0n) is 9.29. The van der Waals surface area contributed by atoms with Crippen LogP contribution in [0.1, 0.15) is 10.4 Å². The van der Waals surface area contributed by atoms with Gasteiger partial charge < -0.3 is 14.6 Å². The third kappa shape index (κ3) is 1.66. The van der Waals surface area contributed by atoms with Crippen LogP contribution in [0.3, 0.4) is 0 Å². The van der Waals surface area contributed by atoms with Crippen molar-refractivity contribution in [2.24, 2.45) is 0 Å². The second kappa shape index (κ2) is 4.03. The predicted molar refractivity (Wildman–Crippen MR) is 62.8 cm³/mol. The summed E-state index contributed by atoms with van der Waals surface area (Å²) in [6.45, 7) is 0.187. The first kappa shape index (κ1) is 10.6. The molecule has 2 aromatic rings. The van der Waals surface area contributed by atoms with Crippen molar-refractivity contribution in [3.8, 4) is 22.8 Å². The Morgan fingerprint density at radius 3 is 2.89 bits per heavy atom. The molecule has 0 saturated carbocycles.